The smallest absolute Gasteiger partial charge is 0.323 e. The van der Waals surface area contributed by atoms with Crippen LogP contribution in [0.2, 0.25) is 0 Å². The molecule has 0 radical (unpaired) electrons. The van der Waals surface area contributed by atoms with Crippen LogP contribution in [0.5, 0.6) is 0 Å². The summed E-state index contributed by atoms with van der Waals surface area (Å²) >= 11 is 0. The Hall–Kier alpha value is -2.82. The zero-order valence-electron chi connectivity index (χ0n) is 13.9. The molecule has 24 heavy (non-hydrogen) atoms. The third kappa shape index (κ3) is 2.62. The van der Waals surface area contributed by atoms with Crippen molar-refractivity contribution >= 4 is 33.6 Å². The zero-order chi connectivity index (χ0) is 17.4. The first kappa shape index (κ1) is 16.1. The van der Waals surface area contributed by atoms with Crippen molar-refractivity contribution in [3.8, 4) is 0 Å². The first-order chi connectivity index (χ1) is 11.4. The second-order valence-electron chi connectivity index (χ2n) is 6.14. The Kier molecular flexibility index (Phi) is 4.01. The second-order valence-corrected chi connectivity index (χ2v) is 6.14. The minimum Gasteiger partial charge on any atom is -0.480 e. The van der Waals surface area contributed by atoms with Gasteiger partial charge in [0, 0.05) is 22.4 Å². The molecule has 1 heterocycles. The molecule has 1 amide bonds. The van der Waals surface area contributed by atoms with Gasteiger partial charge in [-0.05, 0) is 26.2 Å². The van der Waals surface area contributed by atoms with E-state index in [-0.39, 0.29) is 18.3 Å². The minimum atomic E-state index is -1.05. The van der Waals surface area contributed by atoms with E-state index in [0.29, 0.717) is 5.58 Å². The highest BCUT2D eigenvalue weighted by Crippen LogP contribution is 2.32. The number of amides is 1. The number of carbonyl (C=O) groups excluding carboxylic acids is 1. The van der Waals surface area contributed by atoms with Gasteiger partial charge in [0.05, 0.1) is 0 Å². The SMILES string of the molecule is Cc1c(C(=O)N(CC(=O)O)C(C)C)oc2c1ccc1ccccc12. The number of carboxylic acid groups (broad SMARTS) is 1. The molecule has 3 aromatic rings. The van der Waals surface area contributed by atoms with E-state index in [9.17, 15) is 9.59 Å². The van der Waals surface area contributed by atoms with Crippen LogP contribution in [0.1, 0.15) is 30.0 Å². The lowest BCUT2D eigenvalue weighted by atomic mass is 10.1. The fourth-order valence-corrected chi connectivity index (χ4v) is 2.92. The van der Waals surface area contributed by atoms with Crippen molar-refractivity contribution in [1.82, 2.24) is 4.90 Å². The molecule has 3 rings (SSSR count). The Morgan fingerprint density at radius 2 is 1.83 bits per heavy atom. The van der Waals surface area contributed by atoms with Gasteiger partial charge in [-0.1, -0.05) is 36.4 Å². The van der Waals surface area contributed by atoms with E-state index in [2.05, 4.69) is 0 Å². The van der Waals surface area contributed by atoms with Gasteiger partial charge in [-0.2, -0.15) is 0 Å². The number of carboxylic acids is 1. The molecule has 2 aromatic carbocycles. The molecule has 1 aromatic heterocycles. The van der Waals surface area contributed by atoms with Crippen LogP contribution in [0.4, 0.5) is 0 Å². The second kappa shape index (κ2) is 6.00. The first-order valence-corrected chi connectivity index (χ1v) is 7.83. The van der Waals surface area contributed by atoms with E-state index >= 15 is 0 Å². The summed E-state index contributed by atoms with van der Waals surface area (Å²) in [6.07, 6.45) is 0. The molecule has 0 saturated carbocycles. The van der Waals surface area contributed by atoms with Gasteiger partial charge < -0.3 is 14.4 Å². The normalized spacial score (nSPS) is 11.3. The first-order valence-electron chi connectivity index (χ1n) is 7.83. The van der Waals surface area contributed by atoms with Crippen LogP contribution in [0.25, 0.3) is 21.7 Å². The molecule has 0 fully saturated rings. The van der Waals surface area contributed by atoms with Crippen LogP contribution in [-0.2, 0) is 4.79 Å². The molecular formula is C19H19NO4. The molecule has 0 spiro atoms. The van der Waals surface area contributed by atoms with Gasteiger partial charge in [0.15, 0.2) is 5.76 Å². The average Bonchev–Trinajstić information content (AvgIpc) is 2.89. The van der Waals surface area contributed by atoms with Crippen LogP contribution < -0.4 is 0 Å². The number of furan rings is 1. The maximum Gasteiger partial charge on any atom is 0.323 e. The van der Waals surface area contributed by atoms with Crippen molar-refractivity contribution in [2.75, 3.05) is 6.54 Å². The Bertz CT molecular complexity index is 939. The number of hydrogen-bond acceptors (Lipinski definition) is 3. The van der Waals surface area contributed by atoms with Crippen LogP contribution >= 0.6 is 0 Å². The van der Waals surface area contributed by atoms with E-state index in [1.165, 1.54) is 4.90 Å². The summed E-state index contributed by atoms with van der Waals surface area (Å²) in [6, 6.07) is 11.5. The molecule has 0 bridgehead atoms. The number of fused-ring (bicyclic) bond motifs is 3. The standard InChI is InChI=1S/C19H19NO4/c1-11(2)20(10-16(21)22)19(23)17-12(3)14-9-8-13-6-4-5-7-15(13)18(14)24-17/h4-9,11H,10H2,1-3H3,(H,21,22). The van der Waals surface area contributed by atoms with Crippen LogP contribution in [-0.4, -0.2) is 34.5 Å². The maximum absolute atomic E-state index is 12.8. The summed E-state index contributed by atoms with van der Waals surface area (Å²) in [5.74, 6) is -1.24. The molecule has 5 heteroatoms. The van der Waals surface area contributed by atoms with Gasteiger partial charge in [-0.25, -0.2) is 0 Å². The van der Waals surface area contributed by atoms with Crippen molar-refractivity contribution in [2.24, 2.45) is 0 Å². The highest BCUT2D eigenvalue weighted by molar-refractivity contribution is 6.09. The molecule has 0 aliphatic carbocycles. The van der Waals surface area contributed by atoms with Crippen molar-refractivity contribution in [2.45, 2.75) is 26.8 Å². The van der Waals surface area contributed by atoms with Crippen molar-refractivity contribution < 1.29 is 19.1 Å². The molecule has 0 aliphatic heterocycles. The third-order valence-electron chi connectivity index (χ3n) is 4.21. The molecule has 5 nitrogen and oxygen atoms in total. The number of carbonyl (C=O) groups is 2. The van der Waals surface area contributed by atoms with E-state index in [1.807, 2.05) is 43.3 Å². The average molecular weight is 325 g/mol. The van der Waals surface area contributed by atoms with Gasteiger partial charge in [0.1, 0.15) is 12.1 Å². The lowest BCUT2D eigenvalue weighted by Gasteiger charge is -2.23. The Morgan fingerprint density at radius 3 is 2.50 bits per heavy atom. The highest BCUT2D eigenvalue weighted by Gasteiger charge is 2.27. The third-order valence-corrected chi connectivity index (χ3v) is 4.21. The molecule has 0 atom stereocenters. The quantitative estimate of drug-likeness (QED) is 0.791. The fourth-order valence-electron chi connectivity index (χ4n) is 2.92. The topological polar surface area (TPSA) is 70.8 Å². The summed E-state index contributed by atoms with van der Waals surface area (Å²) < 4.78 is 5.90. The molecule has 0 unspecified atom stereocenters. The van der Waals surface area contributed by atoms with E-state index in [1.54, 1.807) is 13.8 Å². The lowest BCUT2D eigenvalue weighted by Crippen LogP contribution is -2.40. The number of rotatable bonds is 4. The van der Waals surface area contributed by atoms with Gasteiger partial charge in [0.25, 0.3) is 5.91 Å². The summed E-state index contributed by atoms with van der Waals surface area (Å²) in [5, 5.41) is 11.9. The number of nitrogens with zero attached hydrogens (tertiary/aromatic N) is 1. The van der Waals surface area contributed by atoms with Gasteiger partial charge in [-0.3, -0.25) is 9.59 Å². The van der Waals surface area contributed by atoms with E-state index in [0.717, 1.165) is 21.7 Å². The number of hydrogen-bond donors (Lipinski definition) is 1. The number of benzene rings is 2. The largest absolute Gasteiger partial charge is 0.480 e. The Labute approximate surface area is 139 Å². The summed E-state index contributed by atoms with van der Waals surface area (Å²) in [6.45, 7) is 5.04. The molecule has 0 aliphatic rings. The van der Waals surface area contributed by atoms with Crippen molar-refractivity contribution in [3.05, 3.63) is 47.7 Å². The molecular weight excluding hydrogens is 306 g/mol. The Morgan fingerprint density at radius 1 is 1.12 bits per heavy atom. The predicted octanol–water partition coefficient (Wildman–Crippen LogP) is 3.83. The van der Waals surface area contributed by atoms with Crippen LogP contribution in [0.3, 0.4) is 0 Å². The number of aryl methyl sites for hydroxylation is 1. The van der Waals surface area contributed by atoms with E-state index < -0.39 is 11.9 Å². The van der Waals surface area contributed by atoms with Crippen molar-refractivity contribution in [1.29, 1.82) is 0 Å². The monoisotopic (exact) mass is 325 g/mol. The Balaban J connectivity index is 2.15. The highest BCUT2D eigenvalue weighted by atomic mass is 16.4. The lowest BCUT2D eigenvalue weighted by molar-refractivity contribution is -0.138. The van der Waals surface area contributed by atoms with Crippen LogP contribution in [0, 0.1) is 6.92 Å². The predicted molar refractivity (Wildman–Crippen MR) is 92.3 cm³/mol. The van der Waals surface area contributed by atoms with Crippen molar-refractivity contribution in [3.63, 3.8) is 0 Å². The van der Waals surface area contributed by atoms with Gasteiger partial charge in [-0.15, -0.1) is 0 Å². The van der Waals surface area contributed by atoms with Gasteiger partial charge in [0.2, 0.25) is 0 Å². The minimum absolute atomic E-state index is 0.205. The molecule has 0 saturated heterocycles. The maximum atomic E-state index is 12.8. The zero-order valence-corrected chi connectivity index (χ0v) is 13.9. The van der Waals surface area contributed by atoms with Crippen LogP contribution in [0.15, 0.2) is 40.8 Å². The van der Waals surface area contributed by atoms with E-state index in [4.69, 9.17) is 9.52 Å². The summed E-state index contributed by atoms with van der Waals surface area (Å²) in [7, 11) is 0. The molecule has 124 valence electrons. The van der Waals surface area contributed by atoms with Gasteiger partial charge >= 0.3 is 5.97 Å². The molecule has 1 N–H and O–H groups in total. The summed E-state index contributed by atoms with van der Waals surface area (Å²) in [5.41, 5.74) is 1.39. The fraction of sp³-hybridized carbons (Fsp3) is 0.263. The summed E-state index contributed by atoms with van der Waals surface area (Å²) in [4.78, 5) is 25.2. The number of aliphatic carboxylic acids is 1.